The van der Waals surface area contributed by atoms with Crippen molar-refractivity contribution in [3.05, 3.63) is 108 Å². The lowest BCUT2D eigenvalue weighted by Crippen LogP contribution is -2.25. The molecule has 4 heterocycles. The molecule has 4 aromatic carbocycles. The standard InChI is InChI=1S/C41H38N6O2/c1-24-26-16-18-42-20-30(26)32(38-28-10-5-7-12-34(28)46(3)40(24)38)22-44-36(48)14-9-15-37(49)45-23-33-31-21-43-19-17-27(31)25(2)41-39(33)29-11-6-8-13-35(29)47(41)4/h5-8,10-13,16-21H,9,14-15,22-23H2,1-4H3,(H,44,48)(H,45,49). The van der Waals surface area contributed by atoms with Crippen LogP contribution < -0.4 is 10.6 Å². The Balaban J connectivity index is 0.982. The number of aryl methyl sites for hydroxylation is 4. The van der Waals surface area contributed by atoms with Crippen LogP contribution in [0.2, 0.25) is 0 Å². The van der Waals surface area contributed by atoms with Gasteiger partial charge in [0.1, 0.15) is 0 Å². The van der Waals surface area contributed by atoms with Crippen LogP contribution in [-0.2, 0) is 36.8 Å². The van der Waals surface area contributed by atoms with E-state index < -0.39 is 0 Å². The Labute approximate surface area is 283 Å². The van der Waals surface area contributed by atoms with E-state index in [0.29, 0.717) is 19.5 Å². The molecule has 8 rings (SSSR count). The molecule has 8 heteroatoms. The van der Waals surface area contributed by atoms with Crippen molar-refractivity contribution in [3.63, 3.8) is 0 Å². The first kappa shape index (κ1) is 30.6. The van der Waals surface area contributed by atoms with E-state index in [1.54, 1.807) is 0 Å². The summed E-state index contributed by atoms with van der Waals surface area (Å²) in [6.45, 7) is 5.07. The van der Waals surface area contributed by atoms with Crippen molar-refractivity contribution in [3.8, 4) is 0 Å². The van der Waals surface area contributed by atoms with Crippen LogP contribution >= 0.6 is 0 Å². The number of nitrogens with zero attached hydrogens (tertiary/aromatic N) is 4. The molecule has 0 bridgehead atoms. The average Bonchev–Trinajstić information content (AvgIpc) is 3.59. The van der Waals surface area contributed by atoms with Crippen molar-refractivity contribution < 1.29 is 9.59 Å². The number of rotatable bonds is 8. The molecule has 2 amide bonds. The van der Waals surface area contributed by atoms with Gasteiger partial charge in [0.2, 0.25) is 11.8 Å². The molecule has 0 fully saturated rings. The molecule has 0 aliphatic carbocycles. The molecule has 0 unspecified atom stereocenters. The Kier molecular flexibility index (Phi) is 7.51. The predicted octanol–water partition coefficient (Wildman–Crippen LogP) is 7.79. The second-order valence-corrected chi connectivity index (χ2v) is 13.1. The van der Waals surface area contributed by atoms with Crippen LogP contribution in [0.1, 0.15) is 41.5 Å². The lowest BCUT2D eigenvalue weighted by atomic mass is 9.96. The monoisotopic (exact) mass is 646 g/mol. The highest BCUT2D eigenvalue weighted by Gasteiger charge is 2.21. The molecule has 0 saturated heterocycles. The lowest BCUT2D eigenvalue weighted by molar-refractivity contribution is -0.122. The van der Waals surface area contributed by atoms with Gasteiger partial charge in [-0.15, -0.1) is 0 Å². The molecular weight excluding hydrogens is 608 g/mol. The maximum absolute atomic E-state index is 13.2. The number of benzene rings is 4. The highest BCUT2D eigenvalue weighted by Crippen LogP contribution is 2.39. The summed E-state index contributed by atoms with van der Waals surface area (Å²) in [5.41, 5.74) is 9.15. The summed E-state index contributed by atoms with van der Waals surface area (Å²) >= 11 is 0. The Morgan fingerprint density at radius 1 is 0.592 bits per heavy atom. The van der Waals surface area contributed by atoms with Gasteiger partial charge in [-0.2, -0.15) is 0 Å². The number of carbonyl (C=O) groups is 2. The van der Waals surface area contributed by atoms with Crippen molar-refractivity contribution in [1.82, 2.24) is 29.7 Å². The molecule has 8 nitrogen and oxygen atoms in total. The van der Waals surface area contributed by atoms with Crippen LogP contribution in [0, 0.1) is 13.8 Å². The maximum atomic E-state index is 13.2. The summed E-state index contributed by atoms with van der Waals surface area (Å²) in [6.07, 6.45) is 8.42. The second kappa shape index (κ2) is 12.0. The fraction of sp³-hybridized carbons (Fsp3) is 0.220. The van der Waals surface area contributed by atoms with Gasteiger partial charge >= 0.3 is 0 Å². The maximum Gasteiger partial charge on any atom is 0.220 e. The van der Waals surface area contributed by atoms with Crippen molar-refractivity contribution >= 4 is 77.0 Å². The summed E-state index contributed by atoms with van der Waals surface area (Å²) in [7, 11) is 4.20. The van der Waals surface area contributed by atoms with E-state index in [0.717, 1.165) is 65.3 Å². The second-order valence-electron chi connectivity index (χ2n) is 13.1. The van der Waals surface area contributed by atoms with Gasteiger partial charge in [0.25, 0.3) is 0 Å². The fourth-order valence-corrected chi connectivity index (χ4v) is 8.05. The van der Waals surface area contributed by atoms with E-state index in [2.05, 4.69) is 106 Å². The van der Waals surface area contributed by atoms with Crippen molar-refractivity contribution in [2.45, 2.75) is 46.2 Å². The summed E-state index contributed by atoms with van der Waals surface area (Å²) in [5.74, 6) is -0.154. The molecule has 2 N–H and O–H groups in total. The average molecular weight is 647 g/mol. The molecule has 49 heavy (non-hydrogen) atoms. The van der Waals surface area contributed by atoms with Crippen LogP contribution in [0.5, 0.6) is 0 Å². The number of para-hydroxylation sites is 2. The number of pyridine rings is 2. The molecule has 0 atom stereocenters. The third-order valence-electron chi connectivity index (χ3n) is 10.4. The van der Waals surface area contributed by atoms with Crippen LogP contribution in [0.4, 0.5) is 0 Å². The molecule has 0 saturated carbocycles. The lowest BCUT2D eigenvalue weighted by Gasteiger charge is -2.15. The Hall–Kier alpha value is -5.76. The van der Waals surface area contributed by atoms with Crippen molar-refractivity contribution in [1.29, 1.82) is 0 Å². The Bertz CT molecular complexity index is 2450. The van der Waals surface area contributed by atoms with Crippen LogP contribution in [0.15, 0.2) is 85.5 Å². The largest absolute Gasteiger partial charge is 0.352 e. The van der Waals surface area contributed by atoms with Gasteiger partial charge in [0, 0.05) is 108 Å². The third kappa shape index (κ3) is 4.89. The smallest absolute Gasteiger partial charge is 0.220 e. The molecule has 4 aromatic heterocycles. The molecule has 244 valence electrons. The van der Waals surface area contributed by atoms with Gasteiger partial charge in [-0.25, -0.2) is 0 Å². The zero-order valence-corrected chi connectivity index (χ0v) is 28.2. The summed E-state index contributed by atoms with van der Waals surface area (Å²) < 4.78 is 4.48. The Morgan fingerprint density at radius 3 is 1.47 bits per heavy atom. The molecule has 0 spiro atoms. The van der Waals surface area contributed by atoms with Gasteiger partial charge < -0.3 is 19.8 Å². The van der Waals surface area contributed by atoms with E-state index in [4.69, 9.17) is 0 Å². The number of fused-ring (bicyclic) bond motifs is 8. The number of nitrogens with one attached hydrogen (secondary N) is 2. The predicted molar refractivity (Wildman–Crippen MR) is 198 cm³/mol. The van der Waals surface area contributed by atoms with E-state index in [1.165, 1.54) is 22.2 Å². The minimum atomic E-state index is -0.0770. The highest BCUT2D eigenvalue weighted by atomic mass is 16.2. The molecule has 8 aromatic rings. The number of amides is 2. The number of hydrogen-bond donors (Lipinski definition) is 2. The SMILES string of the molecule is Cc1c2ccncc2c(CNC(=O)CCCC(=O)NCc2c3cnccc3c(C)c3c2c2ccccc2n3C)c2c3ccccc3n(C)c12. The van der Waals surface area contributed by atoms with E-state index in [-0.39, 0.29) is 24.7 Å². The zero-order chi connectivity index (χ0) is 33.8. The van der Waals surface area contributed by atoms with Crippen LogP contribution in [0.25, 0.3) is 65.2 Å². The van der Waals surface area contributed by atoms with E-state index >= 15 is 0 Å². The summed E-state index contributed by atoms with van der Waals surface area (Å²) in [4.78, 5) is 35.2. The first-order valence-electron chi connectivity index (χ1n) is 16.8. The summed E-state index contributed by atoms with van der Waals surface area (Å²) in [6, 6.07) is 20.9. The van der Waals surface area contributed by atoms with Crippen LogP contribution in [-0.4, -0.2) is 30.9 Å². The van der Waals surface area contributed by atoms with Crippen molar-refractivity contribution in [2.24, 2.45) is 14.1 Å². The molecule has 0 aliphatic rings. The summed E-state index contributed by atoms with van der Waals surface area (Å²) in [5, 5.41) is 15.3. The molecule has 0 radical (unpaired) electrons. The third-order valence-corrected chi connectivity index (χ3v) is 10.4. The normalized spacial score (nSPS) is 11.8. The Morgan fingerprint density at radius 2 is 1.02 bits per heavy atom. The van der Waals surface area contributed by atoms with E-state index in [9.17, 15) is 9.59 Å². The van der Waals surface area contributed by atoms with Crippen LogP contribution in [0.3, 0.4) is 0 Å². The fourth-order valence-electron chi connectivity index (χ4n) is 8.05. The highest BCUT2D eigenvalue weighted by molar-refractivity contribution is 6.18. The van der Waals surface area contributed by atoms with Gasteiger partial charge in [-0.05, 0) is 77.6 Å². The zero-order valence-electron chi connectivity index (χ0n) is 28.2. The van der Waals surface area contributed by atoms with Gasteiger partial charge in [0.15, 0.2) is 0 Å². The molecule has 0 aliphatic heterocycles. The first-order chi connectivity index (χ1) is 23.8. The number of aromatic nitrogens is 4. The number of carbonyl (C=O) groups excluding carboxylic acids is 2. The minimum absolute atomic E-state index is 0.0770. The van der Waals surface area contributed by atoms with Gasteiger partial charge in [0.05, 0.1) is 11.0 Å². The minimum Gasteiger partial charge on any atom is -0.352 e. The quantitative estimate of drug-likeness (QED) is 0.176. The van der Waals surface area contributed by atoms with E-state index in [1.807, 2.05) is 36.9 Å². The topological polar surface area (TPSA) is 93.8 Å². The molecular formula is C41H38N6O2. The van der Waals surface area contributed by atoms with Gasteiger partial charge in [-0.3, -0.25) is 19.6 Å². The van der Waals surface area contributed by atoms with Gasteiger partial charge in [-0.1, -0.05) is 36.4 Å². The number of hydrogen-bond acceptors (Lipinski definition) is 4. The van der Waals surface area contributed by atoms with Crippen molar-refractivity contribution in [2.75, 3.05) is 0 Å². The first-order valence-corrected chi connectivity index (χ1v) is 16.8.